The number of hydrogen-bond donors (Lipinski definition) is 3. The predicted molar refractivity (Wildman–Crippen MR) is 72.1 cm³/mol. The van der Waals surface area contributed by atoms with Gasteiger partial charge in [-0.05, 0) is 41.7 Å². The molecule has 0 aromatic rings. The smallest absolute Gasteiger partial charge is 0.321 e. The molecule has 1 unspecified atom stereocenters. The minimum absolute atomic E-state index is 0.181. The number of nitrogens with one attached hydrogen (secondary N) is 2. The van der Waals surface area contributed by atoms with Crippen LogP contribution in [-0.4, -0.2) is 46.8 Å². The topological polar surface area (TPSA) is 95.5 Å². The van der Waals surface area contributed by atoms with E-state index in [-0.39, 0.29) is 18.0 Å². The number of carbonyl (C=O) groups excluding carboxylic acids is 2. The number of likely N-dealkylation sites (N-methyl/N-ethyl adjacent to an activating group) is 1. The van der Waals surface area contributed by atoms with Gasteiger partial charge in [0.05, 0.1) is 11.1 Å². The van der Waals surface area contributed by atoms with E-state index in [2.05, 4.69) is 10.6 Å². The molecule has 0 radical (unpaired) electrons. The van der Waals surface area contributed by atoms with Gasteiger partial charge in [0, 0.05) is 6.42 Å². The molecule has 0 heterocycles. The van der Waals surface area contributed by atoms with Gasteiger partial charge in [-0.2, -0.15) is 0 Å². The van der Waals surface area contributed by atoms with Crippen molar-refractivity contribution in [1.29, 1.82) is 0 Å². The zero-order chi connectivity index (χ0) is 15.4. The lowest BCUT2D eigenvalue weighted by Crippen LogP contribution is -2.56. The third-order valence-electron chi connectivity index (χ3n) is 3.42. The third kappa shape index (κ3) is 5.08. The van der Waals surface area contributed by atoms with E-state index in [0.717, 1.165) is 0 Å². The number of carbonyl (C=O) groups is 3. The van der Waals surface area contributed by atoms with Crippen molar-refractivity contribution in [1.82, 2.24) is 10.6 Å². The average molecular weight is 272 g/mol. The summed E-state index contributed by atoms with van der Waals surface area (Å²) in [6.45, 7) is 7.94. The lowest BCUT2D eigenvalue weighted by Gasteiger charge is -2.29. The Kier molecular flexibility index (Phi) is 5.83. The molecule has 0 aliphatic carbocycles. The van der Waals surface area contributed by atoms with Crippen LogP contribution in [0.25, 0.3) is 0 Å². The van der Waals surface area contributed by atoms with Crippen LogP contribution in [0.1, 0.15) is 41.0 Å². The second-order valence-electron chi connectivity index (χ2n) is 5.72. The van der Waals surface area contributed by atoms with Crippen molar-refractivity contribution in [3.05, 3.63) is 0 Å². The largest absolute Gasteiger partial charge is 0.480 e. The first-order chi connectivity index (χ1) is 8.44. The van der Waals surface area contributed by atoms with Crippen molar-refractivity contribution >= 4 is 17.5 Å². The van der Waals surface area contributed by atoms with E-state index >= 15 is 0 Å². The maximum absolute atomic E-state index is 12.0. The molecular formula is C13H24N2O4. The molecule has 0 amide bonds. The predicted octanol–water partition coefficient (Wildman–Crippen LogP) is 0.354. The molecule has 0 aromatic carbocycles. The van der Waals surface area contributed by atoms with Crippen LogP contribution in [0.4, 0.5) is 0 Å². The van der Waals surface area contributed by atoms with Crippen molar-refractivity contribution in [3.8, 4) is 0 Å². The Balaban J connectivity index is 4.93. The summed E-state index contributed by atoms with van der Waals surface area (Å²) in [5, 5.41) is 14.7. The summed E-state index contributed by atoms with van der Waals surface area (Å²) in [7, 11) is 1.64. The Morgan fingerprint density at radius 2 is 1.58 bits per heavy atom. The Hall–Kier alpha value is -1.27. The van der Waals surface area contributed by atoms with Gasteiger partial charge in [-0.1, -0.05) is 0 Å². The first kappa shape index (κ1) is 17.7. The standard InChI is InChI=1S/C13H24N2O4/c1-8(16)12(2,3)15-9(11(18)19)7-10(17)13(4,5)14-6/h9,14-15H,7H2,1-6H3,(H,18,19). The summed E-state index contributed by atoms with van der Waals surface area (Å²) < 4.78 is 0. The molecule has 3 N–H and O–H groups in total. The van der Waals surface area contributed by atoms with E-state index in [4.69, 9.17) is 5.11 Å². The minimum Gasteiger partial charge on any atom is -0.480 e. The molecule has 1 atom stereocenters. The number of carboxylic acids is 1. The molecule has 110 valence electrons. The van der Waals surface area contributed by atoms with Crippen LogP contribution in [0.3, 0.4) is 0 Å². The number of carboxylic acid groups (broad SMARTS) is 1. The van der Waals surface area contributed by atoms with Crippen LogP contribution >= 0.6 is 0 Å². The number of rotatable bonds is 8. The Morgan fingerprint density at radius 3 is 1.89 bits per heavy atom. The van der Waals surface area contributed by atoms with Crippen molar-refractivity contribution in [2.45, 2.75) is 58.2 Å². The second kappa shape index (κ2) is 6.25. The molecular weight excluding hydrogens is 248 g/mol. The fourth-order valence-corrected chi connectivity index (χ4v) is 1.32. The maximum atomic E-state index is 12.0. The van der Waals surface area contributed by atoms with Gasteiger partial charge in [0.1, 0.15) is 11.8 Å². The van der Waals surface area contributed by atoms with Crippen molar-refractivity contribution < 1.29 is 19.5 Å². The number of aliphatic carboxylic acids is 1. The van der Waals surface area contributed by atoms with Gasteiger partial charge in [-0.3, -0.25) is 19.7 Å². The molecule has 19 heavy (non-hydrogen) atoms. The molecule has 0 aromatic heterocycles. The number of hydrogen-bond acceptors (Lipinski definition) is 5. The molecule has 0 bridgehead atoms. The molecule has 0 aliphatic heterocycles. The summed E-state index contributed by atoms with van der Waals surface area (Å²) in [4.78, 5) is 34.6. The molecule has 0 saturated carbocycles. The zero-order valence-corrected chi connectivity index (χ0v) is 12.5. The molecule has 6 heteroatoms. The van der Waals surface area contributed by atoms with E-state index < -0.39 is 23.1 Å². The van der Waals surface area contributed by atoms with Crippen LogP contribution in [0, 0.1) is 0 Å². The first-order valence-corrected chi connectivity index (χ1v) is 6.18. The van der Waals surface area contributed by atoms with Gasteiger partial charge in [0.2, 0.25) is 0 Å². The summed E-state index contributed by atoms with van der Waals surface area (Å²) >= 11 is 0. The highest BCUT2D eigenvalue weighted by Crippen LogP contribution is 2.12. The fraction of sp³-hybridized carbons (Fsp3) is 0.769. The van der Waals surface area contributed by atoms with Crippen LogP contribution < -0.4 is 10.6 Å². The zero-order valence-electron chi connectivity index (χ0n) is 12.5. The van der Waals surface area contributed by atoms with Gasteiger partial charge in [0.25, 0.3) is 0 Å². The summed E-state index contributed by atoms with van der Waals surface area (Å²) in [6.07, 6.45) is -0.181. The number of ketones is 2. The minimum atomic E-state index is -1.14. The molecule has 0 spiro atoms. The third-order valence-corrected chi connectivity index (χ3v) is 3.42. The SMILES string of the molecule is CNC(C)(C)C(=O)CC(NC(C)(C)C(C)=O)C(=O)O. The normalized spacial score (nSPS) is 14.0. The van der Waals surface area contributed by atoms with E-state index in [9.17, 15) is 14.4 Å². The Bertz CT molecular complexity index is 375. The Labute approximate surface area is 113 Å². The summed E-state index contributed by atoms with van der Waals surface area (Å²) in [5.41, 5.74) is -1.77. The van der Waals surface area contributed by atoms with Crippen molar-refractivity contribution in [2.75, 3.05) is 7.05 Å². The highest BCUT2D eigenvalue weighted by atomic mass is 16.4. The van der Waals surface area contributed by atoms with E-state index in [1.54, 1.807) is 34.7 Å². The molecule has 0 saturated heterocycles. The van der Waals surface area contributed by atoms with Crippen LogP contribution in [-0.2, 0) is 14.4 Å². The lowest BCUT2D eigenvalue weighted by molar-refractivity contribution is -0.143. The fourth-order valence-electron chi connectivity index (χ4n) is 1.32. The van der Waals surface area contributed by atoms with Crippen molar-refractivity contribution in [2.24, 2.45) is 0 Å². The Morgan fingerprint density at radius 1 is 1.11 bits per heavy atom. The van der Waals surface area contributed by atoms with E-state index in [1.165, 1.54) is 6.92 Å². The highest BCUT2D eigenvalue weighted by Gasteiger charge is 2.35. The van der Waals surface area contributed by atoms with E-state index in [0.29, 0.717) is 0 Å². The summed E-state index contributed by atoms with van der Waals surface area (Å²) in [5.74, 6) is -1.55. The van der Waals surface area contributed by atoms with Gasteiger partial charge in [0.15, 0.2) is 5.78 Å². The van der Waals surface area contributed by atoms with Crippen LogP contribution in [0.5, 0.6) is 0 Å². The van der Waals surface area contributed by atoms with Crippen LogP contribution in [0.15, 0.2) is 0 Å². The first-order valence-electron chi connectivity index (χ1n) is 6.18. The second-order valence-corrected chi connectivity index (χ2v) is 5.72. The highest BCUT2D eigenvalue weighted by molar-refractivity contribution is 5.92. The average Bonchev–Trinajstić information content (AvgIpc) is 2.27. The van der Waals surface area contributed by atoms with Crippen LogP contribution in [0.2, 0.25) is 0 Å². The molecule has 0 fully saturated rings. The van der Waals surface area contributed by atoms with E-state index in [1.807, 2.05) is 0 Å². The van der Waals surface area contributed by atoms with Crippen molar-refractivity contribution in [3.63, 3.8) is 0 Å². The molecule has 6 nitrogen and oxygen atoms in total. The maximum Gasteiger partial charge on any atom is 0.321 e. The monoisotopic (exact) mass is 272 g/mol. The number of Topliss-reactive ketones (excluding diaryl/α,β-unsaturated/α-hetero) is 2. The molecule has 0 rings (SSSR count). The molecule has 0 aliphatic rings. The summed E-state index contributed by atoms with van der Waals surface area (Å²) in [6, 6.07) is -1.08. The van der Waals surface area contributed by atoms with Gasteiger partial charge in [-0.25, -0.2) is 0 Å². The lowest BCUT2D eigenvalue weighted by atomic mass is 9.92. The van der Waals surface area contributed by atoms with Gasteiger partial charge >= 0.3 is 5.97 Å². The van der Waals surface area contributed by atoms with Gasteiger partial charge in [-0.15, -0.1) is 0 Å². The quantitative estimate of drug-likeness (QED) is 0.590. The van der Waals surface area contributed by atoms with Gasteiger partial charge < -0.3 is 10.4 Å².